The Morgan fingerprint density at radius 3 is 2.19 bits per heavy atom. The molecule has 0 spiro atoms. The number of nitrogens with zero attached hydrogens (tertiary/aromatic N) is 3. The Morgan fingerprint density at radius 2 is 1.50 bits per heavy atom. The number of hydrogen-bond donors (Lipinski definition) is 0. The van der Waals surface area contributed by atoms with Crippen LogP contribution in [0.1, 0.15) is 64.6 Å². The Hall–Kier alpha value is -3.33. The van der Waals surface area contributed by atoms with E-state index in [0.717, 1.165) is 27.4 Å². The van der Waals surface area contributed by atoms with Crippen LogP contribution in [0.3, 0.4) is 0 Å². The van der Waals surface area contributed by atoms with E-state index in [4.69, 9.17) is 8.22 Å². The van der Waals surface area contributed by atoms with E-state index in [1.807, 2.05) is 18.3 Å². The molecule has 0 fully saturated rings. The maximum Gasteiger partial charge on any atom is 0.375 e. The highest BCUT2D eigenvalue weighted by molar-refractivity contribution is 6.10. The number of fused-ring (bicyclic) bond motifs is 3. The van der Waals surface area contributed by atoms with Crippen molar-refractivity contribution in [2.75, 3.05) is 0 Å². The van der Waals surface area contributed by atoms with Crippen molar-refractivity contribution >= 4 is 21.8 Å². The fraction of sp³-hybridized carbons (Fsp3) is 0.276. The van der Waals surface area contributed by atoms with Crippen LogP contribution in [0.2, 0.25) is 0 Å². The van der Waals surface area contributed by atoms with E-state index >= 15 is 0 Å². The Labute approximate surface area is 199 Å². The van der Waals surface area contributed by atoms with Crippen LogP contribution in [0.5, 0.6) is 0 Å². The van der Waals surface area contributed by atoms with Gasteiger partial charge in [-0.1, -0.05) is 68.4 Å². The van der Waals surface area contributed by atoms with Gasteiger partial charge in [0.15, 0.2) is 0 Å². The molecule has 3 aromatic carbocycles. The number of aryl methyl sites for hydroxylation is 2. The van der Waals surface area contributed by atoms with Crippen molar-refractivity contribution in [3.63, 3.8) is 0 Å². The summed E-state index contributed by atoms with van der Waals surface area (Å²) in [5, 5.41) is 2.17. The van der Waals surface area contributed by atoms with Crippen molar-refractivity contribution in [1.82, 2.24) is 9.13 Å². The Balaban J connectivity index is 2.03. The minimum atomic E-state index is -2.51. The van der Waals surface area contributed by atoms with E-state index < -0.39 is 13.7 Å². The molecule has 0 aliphatic carbocycles. The average molecular weight is 429 g/mol. The van der Waals surface area contributed by atoms with Gasteiger partial charge in [-0.05, 0) is 56.2 Å². The summed E-state index contributed by atoms with van der Waals surface area (Å²) in [6, 6.07) is 19.0. The summed E-state index contributed by atoms with van der Waals surface area (Å²) in [6.07, 6.45) is 3.69. The van der Waals surface area contributed by atoms with Gasteiger partial charge < -0.3 is 0 Å². The van der Waals surface area contributed by atoms with Gasteiger partial charge >= 0.3 is 5.95 Å². The average Bonchev–Trinajstić information content (AvgIpc) is 3.41. The summed E-state index contributed by atoms with van der Waals surface area (Å²) in [6.45, 7) is 3.41. The molecule has 0 saturated heterocycles. The molecule has 32 heavy (non-hydrogen) atoms. The third-order valence-corrected chi connectivity index (χ3v) is 6.20. The van der Waals surface area contributed by atoms with Crippen molar-refractivity contribution < 1.29 is 12.8 Å². The summed E-state index contributed by atoms with van der Waals surface area (Å²) in [5.74, 6) is 0.909. The quantitative estimate of drug-likeness (QED) is 0.269. The topological polar surface area (TPSA) is 13.7 Å². The minimum absolute atomic E-state index is 0.00346. The predicted molar refractivity (Wildman–Crippen MR) is 134 cm³/mol. The molecule has 3 nitrogen and oxygen atoms in total. The van der Waals surface area contributed by atoms with Crippen LogP contribution in [0.25, 0.3) is 33.4 Å². The van der Waals surface area contributed by atoms with Crippen molar-refractivity contribution in [2.45, 2.75) is 53.4 Å². The van der Waals surface area contributed by atoms with Gasteiger partial charge in [0.2, 0.25) is 0 Å². The number of imidazole rings is 1. The molecule has 2 aromatic heterocycles. The second-order valence-corrected chi connectivity index (χ2v) is 8.92. The maximum atomic E-state index is 8.28. The summed E-state index contributed by atoms with van der Waals surface area (Å²) >= 11 is 0. The molecule has 5 aromatic rings. The van der Waals surface area contributed by atoms with Crippen LogP contribution in [-0.4, -0.2) is 9.13 Å². The van der Waals surface area contributed by atoms with E-state index in [-0.39, 0.29) is 28.8 Å². The first-order valence-electron chi connectivity index (χ1n) is 14.1. The molecule has 0 N–H and O–H groups in total. The van der Waals surface area contributed by atoms with Gasteiger partial charge in [-0.25, -0.2) is 9.13 Å². The first kappa shape index (κ1) is 14.7. The number of aromatic nitrogens is 3. The molecule has 5 rings (SSSR count). The molecule has 0 radical (unpaired) electrons. The predicted octanol–water partition coefficient (Wildman–Crippen LogP) is 7.18. The monoisotopic (exact) mass is 428 g/mol. The maximum absolute atomic E-state index is 8.28. The lowest BCUT2D eigenvalue weighted by atomic mass is 10.00. The van der Waals surface area contributed by atoms with Crippen LogP contribution in [-0.2, 0) is 0 Å². The summed E-state index contributed by atoms with van der Waals surface area (Å²) in [7, 11) is 0. The van der Waals surface area contributed by atoms with Crippen molar-refractivity contribution in [2.24, 2.45) is 0 Å². The highest BCUT2D eigenvalue weighted by atomic mass is 15.3. The zero-order valence-corrected chi connectivity index (χ0v) is 18.9. The number of rotatable bonds is 4. The molecule has 0 bridgehead atoms. The number of benzene rings is 3. The smallest absolute Gasteiger partial charge is 0.232 e. The molecule has 0 amide bonds. The Kier molecular flexibility index (Phi) is 3.52. The van der Waals surface area contributed by atoms with E-state index in [9.17, 15) is 0 Å². The van der Waals surface area contributed by atoms with Gasteiger partial charge in [-0.2, -0.15) is 4.57 Å². The molecule has 0 saturated carbocycles. The van der Waals surface area contributed by atoms with Crippen LogP contribution in [0.4, 0.5) is 0 Å². The van der Waals surface area contributed by atoms with Crippen molar-refractivity contribution in [3.05, 3.63) is 89.7 Å². The second-order valence-electron chi connectivity index (χ2n) is 8.92. The highest BCUT2D eigenvalue weighted by Gasteiger charge is 2.29. The molecule has 0 aliphatic rings. The third kappa shape index (κ3) is 2.99. The van der Waals surface area contributed by atoms with Crippen molar-refractivity contribution in [3.8, 4) is 11.6 Å². The SMILES string of the molecule is [2H]C([2H])([2H])c1cccc(C([2H])([2H])[2H])c1-n1cc[n+](C(C)C)c1-n1c2ccccc2c2cccc(C(C)C)c21. The molecular weight excluding hydrogens is 390 g/mol. The summed E-state index contributed by atoms with van der Waals surface area (Å²) < 4.78 is 55.7. The Bertz CT molecular complexity index is 1620. The van der Waals surface area contributed by atoms with Crippen LogP contribution < -0.4 is 4.57 Å². The van der Waals surface area contributed by atoms with E-state index in [1.165, 1.54) is 18.2 Å². The van der Waals surface area contributed by atoms with Crippen LogP contribution >= 0.6 is 0 Å². The fourth-order valence-electron chi connectivity index (χ4n) is 4.72. The van der Waals surface area contributed by atoms with Gasteiger partial charge in [-0.3, -0.25) is 0 Å². The fourth-order valence-corrected chi connectivity index (χ4v) is 4.72. The molecule has 3 heteroatoms. The normalized spacial score (nSPS) is 15.6. The zero-order chi connectivity index (χ0) is 27.6. The standard InChI is InChI=1S/C29H32N3/c1-19(2)23-14-10-15-25-24-13-7-8-16-26(24)32(28(23)25)29-30(20(3)4)17-18-31(29)27-21(5)11-9-12-22(27)6/h7-20H,1-6H3/q+1/i5D3,6D3. The summed E-state index contributed by atoms with van der Waals surface area (Å²) in [4.78, 5) is 0. The second kappa shape index (κ2) is 7.67. The summed E-state index contributed by atoms with van der Waals surface area (Å²) in [5.41, 5.74) is 3.33. The molecular formula is C29H32N3+. The molecule has 0 unspecified atom stereocenters. The van der Waals surface area contributed by atoms with E-state index in [1.54, 1.807) is 10.8 Å². The number of hydrogen-bond acceptors (Lipinski definition) is 0. The lowest BCUT2D eigenvalue weighted by Gasteiger charge is -2.15. The van der Waals surface area contributed by atoms with Gasteiger partial charge in [0.05, 0.1) is 12.2 Å². The van der Waals surface area contributed by atoms with Gasteiger partial charge in [0.1, 0.15) is 22.9 Å². The van der Waals surface area contributed by atoms with E-state index in [2.05, 4.69) is 67.2 Å². The Morgan fingerprint density at radius 1 is 0.812 bits per heavy atom. The number of para-hydroxylation sites is 3. The molecule has 0 aliphatic heterocycles. The van der Waals surface area contributed by atoms with Gasteiger partial charge in [-0.15, -0.1) is 0 Å². The molecule has 0 atom stereocenters. The lowest BCUT2D eigenvalue weighted by molar-refractivity contribution is -0.709. The van der Waals surface area contributed by atoms with Gasteiger partial charge in [0, 0.05) is 19.0 Å². The zero-order valence-electron chi connectivity index (χ0n) is 24.9. The first-order valence-corrected chi connectivity index (χ1v) is 11.1. The first-order chi connectivity index (χ1) is 17.8. The molecule has 162 valence electrons. The van der Waals surface area contributed by atoms with Crippen LogP contribution in [0, 0.1) is 13.7 Å². The lowest BCUT2D eigenvalue weighted by Crippen LogP contribution is -2.39. The largest absolute Gasteiger partial charge is 0.375 e. The molecule has 2 heterocycles. The third-order valence-electron chi connectivity index (χ3n) is 6.20. The van der Waals surface area contributed by atoms with Crippen molar-refractivity contribution in [1.29, 1.82) is 0 Å². The van der Waals surface area contributed by atoms with Gasteiger partial charge in [0.25, 0.3) is 0 Å². The highest BCUT2D eigenvalue weighted by Crippen LogP contribution is 2.36. The minimum Gasteiger partial charge on any atom is -0.232 e. The van der Waals surface area contributed by atoms with Crippen LogP contribution in [0.15, 0.2) is 73.1 Å². The van der Waals surface area contributed by atoms with E-state index in [0.29, 0.717) is 5.95 Å².